The summed E-state index contributed by atoms with van der Waals surface area (Å²) in [5.74, 6) is -1.51. The Bertz CT molecular complexity index is 1350. The molecular formula is C31H32F6NO6+. The maximum atomic E-state index is 12.7. The number of hydrogen-bond acceptors (Lipinski definition) is 6. The summed E-state index contributed by atoms with van der Waals surface area (Å²) < 4.78 is 95.2. The fourth-order valence-electron chi connectivity index (χ4n) is 6.06. The molecule has 2 heterocycles. The van der Waals surface area contributed by atoms with Crippen LogP contribution in [-0.4, -0.2) is 54.0 Å². The topological polar surface area (TPSA) is 77.4 Å². The number of likely N-dealkylation sites (tertiary alicyclic amines) is 1. The van der Waals surface area contributed by atoms with Crippen molar-refractivity contribution in [3.63, 3.8) is 0 Å². The number of ether oxygens (including phenoxy) is 4. The van der Waals surface area contributed by atoms with Gasteiger partial charge < -0.3 is 24.1 Å². The lowest BCUT2D eigenvalue weighted by Gasteiger charge is -2.44. The van der Waals surface area contributed by atoms with Crippen LogP contribution in [0.1, 0.15) is 46.9 Å². The first-order valence-corrected chi connectivity index (χ1v) is 14.0. The van der Waals surface area contributed by atoms with Crippen molar-refractivity contribution in [3.05, 3.63) is 94.5 Å². The summed E-state index contributed by atoms with van der Waals surface area (Å²) in [7, 11) is 0. The van der Waals surface area contributed by atoms with Crippen molar-refractivity contribution in [1.82, 2.24) is 0 Å². The van der Waals surface area contributed by atoms with Crippen molar-refractivity contribution in [2.45, 2.75) is 50.9 Å². The Labute approximate surface area is 249 Å². The van der Waals surface area contributed by atoms with Gasteiger partial charge in [-0.25, -0.2) is 5.21 Å². The standard InChI is InChI=1S/C31H32F6NO6/c1-20-18-21(2-11-27(20)28-41-16-17-42-28)19-38(40)14-12-24(13-15-38)29(39,22-3-7-25(8-4-22)43-30(32,33)34)23-5-9-26(10-6-23)44-31(35,36)37/h2-11,18,24,28,39-40H,12-17,19H2,1H3/q+1. The lowest BCUT2D eigenvalue weighted by Crippen LogP contribution is -2.53. The minimum absolute atomic E-state index is 0.224. The predicted molar refractivity (Wildman–Crippen MR) is 143 cm³/mol. The summed E-state index contributed by atoms with van der Waals surface area (Å²) in [6, 6.07) is 15.2. The van der Waals surface area contributed by atoms with Gasteiger partial charge in [-0.15, -0.1) is 26.3 Å². The van der Waals surface area contributed by atoms with Gasteiger partial charge in [-0.05, 0) is 53.9 Å². The number of hydrogen-bond donors (Lipinski definition) is 2. The third-order valence-corrected chi connectivity index (χ3v) is 8.12. The van der Waals surface area contributed by atoms with Crippen molar-refractivity contribution >= 4 is 0 Å². The molecule has 0 spiro atoms. The molecule has 0 unspecified atom stereocenters. The SMILES string of the molecule is Cc1cc(C[N+]2(O)CCC(C(O)(c3ccc(OC(F)(F)F)cc3)c3ccc(OC(F)(F)F)cc3)CC2)ccc1C1OCCO1. The Morgan fingerprint density at radius 2 is 1.25 bits per heavy atom. The van der Waals surface area contributed by atoms with Crippen LogP contribution in [0.2, 0.25) is 0 Å². The lowest BCUT2D eigenvalue weighted by atomic mass is 9.72. The molecule has 3 aromatic carbocycles. The molecule has 2 aliphatic rings. The second-order valence-corrected chi connectivity index (χ2v) is 11.1. The molecule has 0 bridgehead atoms. The van der Waals surface area contributed by atoms with Crippen LogP contribution >= 0.6 is 0 Å². The van der Waals surface area contributed by atoms with E-state index in [1.54, 1.807) is 0 Å². The molecule has 2 N–H and O–H groups in total. The van der Waals surface area contributed by atoms with Gasteiger partial charge in [-0.1, -0.05) is 36.4 Å². The summed E-state index contributed by atoms with van der Waals surface area (Å²) in [4.78, 5) is 0. The largest absolute Gasteiger partial charge is 0.573 e. The molecule has 3 aromatic rings. The van der Waals surface area contributed by atoms with E-state index >= 15 is 0 Å². The number of nitrogens with zero attached hydrogens (tertiary/aromatic N) is 1. The fourth-order valence-corrected chi connectivity index (χ4v) is 6.06. The van der Waals surface area contributed by atoms with Crippen LogP contribution in [0, 0.1) is 12.8 Å². The molecule has 13 heteroatoms. The highest BCUT2D eigenvalue weighted by atomic mass is 19.4. The van der Waals surface area contributed by atoms with Gasteiger partial charge in [0, 0.05) is 29.9 Å². The highest BCUT2D eigenvalue weighted by molar-refractivity contribution is 5.42. The van der Waals surface area contributed by atoms with E-state index in [0.29, 0.717) is 32.6 Å². The molecule has 2 aliphatic heterocycles. The van der Waals surface area contributed by atoms with Gasteiger partial charge in [-0.2, -0.15) is 4.65 Å². The minimum Gasteiger partial charge on any atom is -0.406 e. The summed E-state index contributed by atoms with van der Waals surface area (Å²) in [6.07, 6.45) is -9.63. The van der Waals surface area contributed by atoms with E-state index < -0.39 is 42.0 Å². The van der Waals surface area contributed by atoms with Gasteiger partial charge >= 0.3 is 12.7 Å². The zero-order valence-electron chi connectivity index (χ0n) is 23.7. The third-order valence-electron chi connectivity index (χ3n) is 8.12. The molecule has 0 atom stereocenters. The molecule has 0 amide bonds. The Morgan fingerprint density at radius 1 is 0.773 bits per heavy atom. The zero-order valence-corrected chi connectivity index (χ0v) is 23.7. The monoisotopic (exact) mass is 628 g/mol. The van der Waals surface area contributed by atoms with Crippen LogP contribution in [0.25, 0.3) is 0 Å². The molecule has 0 saturated carbocycles. The smallest absolute Gasteiger partial charge is 0.406 e. The Kier molecular flexibility index (Phi) is 8.89. The van der Waals surface area contributed by atoms with E-state index in [1.807, 2.05) is 25.1 Å². The number of alkyl halides is 6. The van der Waals surface area contributed by atoms with Crippen molar-refractivity contribution < 1.29 is 60.3 Å². The summed E-state index contributed by atoms with van der Waals surface area (Å²) in [6.45, 7) is 3.76. The molecule has 7 nitrogen and oxygen atoms in total. The molecule has 2 fully saturated rings. The Hall–Kier alpha value is -3.36. The van der Waals surface area contributed by atoms with Gasteiger partial charge in [0.15, 0.2) is 6.29 Å². The van der Waals surface area contributed by atoms with Crippen LogP contribution in [0.5, 0.6) is 11.5 Å². The van der Waals surface area contributed by atoms with E-state index in [1.165, 1.54) is 24.3 Å². The van der Waals surface area contributed by atoms with Crippen molar-refractivity contribution in [2.75, 3.05) is 26.3 Å². The van der Waals surface area contributed by atoms with Gasteiger partial charge in [0.2, 0.25) is 0 Å². The van der Waals surface area contributed by atoms with Crippen molar-refractivity contribution in [2.24, 2.45) is 5.92 Å². The quantitative estimate of drug-likeness (QED) is 0.209. The van der Waals surface area contributed by atoms with Crippen molar-refractivity contribution in [3.8, 4) is 11.5 Å². The Balaban J connectivity index is 1.37. The fraction of sp³-hybridized carbons (Fsp3) is 0.419. The van der Waals surface area contributed by atoms with Crippen molar-refractivity contribution in [1.29, 1.82) is 0 Å². The second-order valence-electron chi connectivity index (χ2n) is 11.1. The Morgan fingerprint density at radius 3 is 1.68 bits per heavy atom. The van der Waals surface area contributed by atoms with Gasteiger partial charge in [0.1, 0.15) is 36.7 Å². The number of benzene rings is 3. The molecule has 0 aliphatic carbocycles. The van der Waals surface area contributed by atoms with E-state index in [4.69, 9.17) is 9.47 Å². The normalized spacial score (nSPS) is 21.8. The van der Waals surface area contributed by atoms with Crippen LogP contribution in [-0.2, 0) is 21.6 Å². The van der Waals surface area contributed by atoms with Crippen LogP contribution in [0.4, 0.5) is 26.3 Å². The van der Waals surface area contributed by atoms with Gasteiger partial charge in [0.05, 0.1) is 13.2 Å². The zero-order chi connectivity index (χ0) is 31.8. The van der Waals surface area contributed by atoms with Crippen LogP contribution in [0.15, 0.2) is 66.7 Å². The molecule has 5 rings (SSSR count). The number of hydroxylamine groups is 3. The summed E-state index contributed by atoms with van der Waals surface area (Å²) >= 11 is 0. The van der Waals surface area contributed by atoms with E-state index in [9.17, 15) is 36.7 Å². The van der Waals surface area contributed by atoms with Crippen LogP contribution in [0.3, 0.4) is 0 Å². The molecule has 0 radical (unpaired) electrons. The number of rotatable bonds is 8. The average molecular weight is 629 g/mol. The first-order valence-electron chi connectivity index (χ1n) is 14.0. The molecular weight excluding hydrogens is 596 g/mol. The highest BCUT2D eigenvalue weighted by Crippen LogP contribution is 2.44. The number of quaternary nitrogens is 1. The number of piperidine rings is 1. The maximum Gasteiger partial charge on any atom is 0.573 e. The third kappa shape index (κ3) is 7.46. The molecule has 44 heavy (non-hydrogen) atoms. The minimum atomic E-state index is -4.91. The maximum absolute atomic E-state index is 12.7. The first-order chi connectivity index (χ1) is 20.6. The predicted octanol–water partition coefficient (Wildman–Crippen LogP) is 6.89. The highest BCUT2D eigenvalue weighted by Gasteiger charge is 2.46. The van der Waals surface area contributed by atoms with E-state index in [2.05, 4.69) is 9.47 Å². The lowest BCUT2D eigenvalue weighted by molar-refractivity contribution is -1.12. The molecule has 0 aromatic heterocycles. The number of halogens is 6. The summed E-state index contributed by atoms with van der Waals surface area (Å²) in [5, 5.41) is 23.7. The second kappa shape index (κ2) is 12.2. The molecule has 2 saturated heterocycles. The van der Waals surface area contributed by atoms with E-state index in [-0.39, 0.29) is 28.9 Å². The number of aliphatic hydroxyl groups is 1. The number of aryl methyl sites for hydroxylation is 1. The van der Waals surface area contributed by atoms with E-state index in [0.717, 1.165) is 41.0 Å². The average Bonchev–Trinajstić information content (AvgIpc) is 3.47. The van der Waals surface area contributed by atoms with Crippen LogP contribution < -0.4 is 9.47 Å². The van der Waals surface area contributed by atoms with Gasteiger partial charge in [0.25, 0.3) is 0 Å². The molecule has 238 valence electrons. The summed E-state index contributed by atoms with van der Waals surface area (Å²) in [5.41, 5.74) is 1.40. The van der Waals surface area contributed by atoms with Gasteiger partial charge in [-0.3, -0.25) is 0 Å². The first kappa shape index (κ1) is 32.0.